The van der Waals surface area contributed by atoms with Crippen LogP contribution in [0.3, 0.4) is 0 Å². The number of likely N-dealkylation sites (tertiary alicyclic amines) is 2. The molecule has 0 aliphatic carbocycles. The van der Waals surface area contributed by atoms with Gasteiger partial charge in [-0.3, -0.25) is 9.69 Å². The summed E-state index contributed by atoms with van der Waals surface area (Å²) in [7, 11) is 0. The van der Waals surface area contributed by atoms with Crippen molar-refractivity contribution in [2.45, 2.75) is 57.2 Å². The summed E-state index contributed by atoms with van der Waals surface area (Å²) >= 11 is 0. The molecular formula is C16H29N3O2. The van der Waals surface area contributed by atoms with Crippen LogP contribution in [0.4, 0.5) is 0 Å². The molecule has 3 fully saturated rings. The van der Waals surface area contributed by atoms with E-state index in [0.29, 0.717) is 12.0 Å². The summed E-state index contributed by atoms with van der Waals surface area (Å²) in [5.41, 5.74) is 0. The second kappa shape index (κ2) is 6.63. The van der Waals surface area contributed by atoms with E-state index in [9.17, 15) is 9.90 Å². The average Bonchev–Trinajstić information content (AvgIpc) is 3.13. The molecule has 0 saturated carbocycles. The Morgan fingerprint density at radius 2 is 1.95 bits per heavy atom. The topological polar surface area (TPSA) is 55.8 Å². The molecule has 0 bridgehead atoms. The smallest absolute Gasteiger partial charge is 0.240 e. The third-order valence-corrected chi connectivity index (χ3v) is 5.71. The SMILES string of the molecule is CC1CCN(C(=O)C2CCCN2C2CCNCC2)C1CO. The molecule has 3 unspecified atom stereocenters. The zero-order valence-corrected chi connectivity index (χ0v) is 13.1. The average molecular weight is 295 g/mol. The normalized spacial score (nSPS) is 35.5. The first kappa shape index (κ1) is 15.3. The van der Waals surface area contributed by atoms with Gasteiger partial charge in [0.2, 0.25) is 5.91 Å². The van der Waals surface area contributed by atoms with E-state index in [1.54, 1.807) is 0 Å². The fourth-order valence-electron chi connectivity index (χ4n) is 4.38. The lowest BCUT2D eigenvalue weighted by molar-refractivity contribution is -0.139. The number of hydrogen-bond donors (Lipinski definition) is 2. The summed E-state index contributed by atoms with van der Waals surface area (Å²) in [6, 6.07) is 0.663. The highest BCUT2D eigenvalue weighted by Crippen LogP contribution is 2.30. The van der Waals surface area contributed by atoms with Gasteiger partial charge in [-0.2, -0.15) is 0 Å². The zero-order chi connectivity index (χ0) is 14.8. The standard InChI is InChI=1S/C16H29N3O2/c1-12-6-10-19(15(12)11-20)16(21)14-3-2-9-18(14)13-4-7-17-8-5-13/h12-15,17,20H,2-11H2,1H3. The lowest BCUT2D eigenvalue weighted by Crippen LogP contribution is -2.53. The van der Waals surface area contributed by atoms with Gasteiger partial charge in [0.1, 0.15) is 0 Å². The summed E-state index contributed by atoms with van der Waals surface area (Å²) < 4.78 is 0. The van der Waals surface area contributed by atoms with Crippen molar-refractivity contribution in [2.75, 3.05) is 32.8 Å². The number of aliphatic hydroxyl groups is 1. The number of nitrogens with zero attached hydrogens (tertiary/aromatic N) is 2. The van der Waals surface area contributed by atoms with Crippen LogP contribution < -0.4 is 5.32 Å². The number of nitrogens with one attached hydrogen (secondary N) is 1. The maximum absolute atomic E-state index is 13.0. The summed E-state index contributed by atoms with van der Waals surface area (Å²) in [6.07, 6.45) is 5.46. The van der Waals surface area contributed by atoms with Gasteiger partial charge in [0, 0.05) is 12.6 Å². The number of rotatable bonds is 3. The van der Waals surface area contributed by atoms with Gasteiger partial charge in [-0.05, 0) is 57.7 Å². The van der Waals surface area contributed by atoms with Crippen molar-refractivity contribution in [1.29, 1.82) is 0 Å². The van der Waals surface area contributed by atoms with E-state index in [-0.39, 0.29) is 24.6 Å². The molecule has 3 aliphatic rings. The van der Waals surface area contributed by atoms with Crippen molar-refractivity contribution < 1.29 is 9.90 Å². The van der Waals surface area contributed by atoms with E-state index in [2.05, 4.69) is 17.1 Å². The molecule has 0 spiro atoms. The summed E-state index contributed by atoms with van der Waals surface area (Å²) in [5.74, 6) is 0.696. The molecule has 21 heavy (non-hydrogen) atoms. The maximum atomic E-state index is 13.0. The quantitative estimate of drug-likeness (QED) is 0.793. The number of piperidine rings is 1. The van der Waals surface area contributed by atoms with Crippen LogP contribution in [0, 0.1) is 5.92 Å². The Morgan fingerprint density at radius 3 is 2.67 bits per heavy atom. The van der Waals surface area contributed by atoms with Gasteiger partial charge in [0.05, 0.1) is 18.7 Å². The van der Waals surface area contributed by atoms with Crippen molar-refractivity contribution in [2.24, 2.45) is 5.92 Å². The highest BCUT2D eigenvalue weighted by Gasteiger charge is 2.42. The van der Waals surface area contributed by atoms with Crippen molar-refractivity contribution in [3.8, 4) is 0 Å². The van der Waals surface area contributed by atoms with E-state index in [1.165, 1.54) is 0 Å². The Kier molecular flexibility index (Phi) is 4.82. The first-order chi connectivity index (χ1) is 10.2. The zero-order valence-electron chi connectivity index (χ0n) is 13.1. The predicted molar refractivity (Wildman–Crippen MR) is 82.0 cm³/mol. The molecule has 0 aromatic carbocycles. The van der Waals surface area contributed by atoms with E-state index < -0.39 is 0 Å². The molecule has 2 N–H and O–H groups in total. The number of amides is 1. The van der Waals surface area contributed by atoms with Crippen LogP contribution in [-0.2, 0) is 4.79 Å². The van der Waals surface area contributed by atoms with E-state index in [1.807, 2.05) is 4.90 Å². The Morgan fingerprint density at radius 1 is 1.19 bits per heavy atom. The summed E-state index contributed by atoms with van der Waals surface area (Å²) in [4.78, 5) is 17.4. The summed E-state index contributed by atoms with van der Waals surface area (Å²) in [5, 5.41) is 13.0. The fourth-order valence-corrected chi connectivity index (χ4v) is 4.38. The molecule has 0 aromatic rings. The minimum absolute atomic E-state index is 0.0352. The molecule has 5 nitrogen and oxygen atoms in total. The van der Waals surface area contributed by atoms with Crippen molar-refractivity contribution in [3.63, 3.8) is 0 Å². The highest BCUT2D eigenvalue weighted by molar-refractivity contribution is 5.83. The molecule has 3 saturated heterocycles. The molecule has 0 aromatic heterocycles. The monoisotopic (exact) mass is 295 g/mol. The molecule has 120 valence electrons. The van der Waals surface area contributed by atoms with Gasteiger partial charge < -0.3 is 15.3 Å². The minimum Gasteiger partial charge on any atom is -0.394 e. The van der Waals surface area contributed by atoms with Crippen LogP contribution in [0.5, 0.6) is 0 Å². The number of hydrogen-bond acceptors (Lipinski definition) is 4. The Bertz CT molecular complexity index is 371. The first-order valence-electron chi connectivity index (χ1n) is 8.60. The summed E-state index contributed by atoms with van der Waals surface area (Å²) in [6.45, 7) is 6.28. The van der Waals surface area contributed by atoms with Crippen LogP contribution in [0.15, 0.2) is 0 Å². The van der Waals surface area contributed by atoms with Gasteiger partial charge >= 0.3 is 0 Å². The van der Waals surface area contributed by atoms with Gasteiger partial charge in [-0.15, -0.1) is 0 Å². The Balaban J connectivity index is 1.68. The van der Waals surface area contributed by atoms with Crippen LogP contribution in [0.2, 0.25) is 0 Å². The Labute approximate surface area is 127 Å². The number of carbonyl (C=O) groups excluding carboxylic acids is 1. The third kappa shape index (κ3) is 2.96. The number of carbonyl (C=O) groups is 1. The molecule has 3 heterocycles. The van der Waals surface area contributed by atoms with Crippen molar-refractivity contribution >= 4 is 5.91 Å². The van der Waals surface area contributed by atoms with Crippen molar-refractivity contribution in [3.05, 3.63) is 0 Å². The van der Waals surface area contributed by atoms with E-state index >= 15 is 0 Å². The fraction of sp³-hybridized carbons (Fsp3) is 0.938. The lowest BCUT2D eigenvalue weighted by atomic mass is 10.0. The van der Waals surface area contributed by atoms with Crippen LogP contribution in [-0.4, -0.2) is 71.7 Å². The van der Waals surface area contributed by atoms with Gasteiger partial charge in [-0.1, -0.05) is 6.92 Å². The first-order valence-corrected chi connectivity index (χ1v) is 8.60. The second-order valence-electron chi connectivity index (χ2n) is 6.92. The third-order valence-electron chi connectivity index (χ3n) is 5.71. The Hall–Kier alpha value is -0.650. The minimum atomic E-state index is 0.0352. The predicted octanol–water partition coefficient (Wildman–Crippen LogP) is 0.432. The molecule has 0 radical (unpaired) electrons. The molecular weight excluding hydrogens is 266 g/mol. The molecule has 3 aliphatic heterocycles. The molecule has 5 heteroatoms. The molecule has 3 rings (SSSR count). The van der Waals surface area contributed by atoms with E-state index in [0.717, 1.165) is 58.3 Å². The van der Waals surface area contributed by atoms with Gasteiger partial charge in [0.15, 0.2) is 0 Å². The second-order valence-corrected chi connectivity index (χ2v) is 6.92. The lowest BCUT2D eigenvalue weighted by Gasteiger charge is -2.37. The van der Waals surface area contributed by atoms with Crippen LogP contribution >= 0.6 is 0 Å². The molecule has 1 amide bonds. The van der Waals surface area contributed by atoms with Crippen LogP contribution in [0.1, 0.15) is 39.0 Å². The number of aliphatic hydroxyl groups excluding tert-OH is 1. The maximum Gasteiger partial charge on any atom is 0.240 e. The van der Waals surface area contributed by atoms with Gasteiger partial charge in [0.25, 0.3) is 0 Å². The molecule has 3 atom stereocenters. The highest BCUT2D eigenvalue weighted by atomic mass is 16.3. The van der Waals surface area contributed by atoms with Crippen molar-refractivity contribution in [1.82, 2.24) is 15.1 Å². The van der Waals surface area contributed by atoms with E-state index in [4.69, 9.17) is 0 Å². The largest absolute Gasteiger partial charge is 0.394 e. The van der Waals surface area contributed by atoms with Crippen LogP contribution in [0.25, 0.3) is 0 Å². The van der Waals surface area contributed by atoms with Gasteiger partial charge in [-0.25, -0.2) is 0 Å².